The molecule has 0 aliphatic heterocycles. The highest BCUT2D eigenvalue weighted by Gasteiger charge is 2.23. The lowest BCUT2D eigenvalue weighted by Gasteiger charge is -2.27. The molecule has 1 aliphatic carbocycles. The Morgan fingerprint density at radius 2 is 2.04 bits per heavy atom. The maximum Gasteiger partial charge on any atom is 0.269 e. The fourth-order valence-corrected chi connectivity index (χ4v) is 3.22. The van der Waals surface area contributed by atoms with Crippen LogP contribution in [-0.4, -0.2) is 22.4 Å². The number of rotatable bonds is 5. The fourth-order valence-electron chi connectivity index (χ4n) is 3.03. The van der Waals surface area contributed by atoms with Crippen molar-refractivity contribution in [3.8, 4) is 6.07 Å². The summed E-state index contributed by atoms with van der Waals surface area (Å²) in [5.74, 6) is -0.185. The number of hydrazine groups is 1. The highest BCUT2D eigenvalue weighted by Crippen LogP contribution is 2.28. The molecule has 1 heterocycles. The highest BCUT2D eigenvalue weighted by atomic mass is 35.5. The molecule has 8 heteroatoms. The summed E-state index contributed by atoms with van der Waals surface area (Å²) in [6.45, 7) is 0.522. The number of anilines is 1. The number of benzene rings is 1. The first-order valence-corrected chi connectivity index (χ1v) is 8.71. The second kappa shape index (κ2) is 8.11. The van der Waals surface area contributed by atoms with Crippen LogP contribution in [-0.2, 0) is 0 Å². The number of hydrogen-bond acceptors (Lipinski definition) is 5. The first kappa shape index (κ1) is 18.1. The Morgan fingerprint density at radius 3 is 2.69 bits per heavy atom. The molecule has 3 rings (SSSR count). The zero-order chi connectivity index (χ0) is 18.5. The number of nitrogens with zero attached hydrogens (tertiary/aromatic N) is 4. The molecule has 1 aromatic heterocycles. The number of aromatic nitrogens is 2. The molecule has 0 bridgehead atoms. The summed E-state index contributed by atoms with van der Waals surface area (Å²) >= 11 is 6.21. The van der Waals surface area contributed by atoms with Crippen molar-refractivity contribution < 1.29 is 9.18 Å². The largest absolute Gasteiger partial charge is 0.269 e. The van der Waals surface area contributed by atoms with Gasteiger partial charge in [0, 0.05) is 12.1 Å². The summed E-state index contributed by atoms with van der Waals surface area (Å²) in [7, 11) is 0. The van der Waals surface area contributed by atoms with E-state index in [-0.39, 0.29) is 16.7 Å². The van der Waals surface area contributed by atoms with Gasteiger partial charge in [-0.05, 0) is 43.0 Å². The maximum atomic E-state index is 13.1. The number of carbonyl (C=O) groups excluding carboxylic acids is 1. The van der Waals surface area contributed by atoms with E-state index in [2.05, 4.69) is 15.4 Å². The lowest BCUT2D eigenvalue weighted by molar-refractivity contribution is 0.0947. The van der Waals surface area contributed by atoms with Crippen LogP contribution in [0.2, 0.25) is 5.02 Å². The lowest BCUT2D eigenvalue weighted by atomic mass is 10.1. The van der Waals surface area contributed by atoms with E-state index in [0.717, 1.165) is 25.7 Å². The van der Waals surface area contributed by atoms with Crippen LogP contribution in [0.3, 0.4) is 0 Å². The predicted octanol–water partition coefficient (Wildman–Crippen LogP) is 3.48. The van der Waals surface area contributed by atoms with E-state index in [1.807, 2.05) is 6.07 Å². The van der Waals surface area contributed by atoms with Crippen LogP contribution >= 0.6 is 11.6 Å². The first-order valence-electron chi connectivity index (χ1n) is 8.33. The van der Waals surface area contributed by atoms with Crippen LogP contribution in [0.4, 0.5) is 10.2 Å². The van der Waals surface area contributed by atoms with Crippen molar-refractivity contribution in [3.63, 3.8) is 0 Å². The molecule has 0 spiro atoms. The molecule has 1 N–H and O–H groups in total. The van der Waals surface area contributed by atoms with Crippen molar-refractivity contribution in [2.45, 2.75) is 25.7 Å². The quantitative estimate of drug-likeness (QED) is 0.811. The minimum absolute atomic E-state index is 0.0307. The van der Waals surface area contributed by atoms with Gasteiger partial charge in [0.2, 0.25) is 5.82 Å². The van der Waals surface area contributed by atoms with Crippen LogP contribution < -0.4 is 10.4 Å². The Labute approximate surface area is 155 Å². The van der Waals surface area contributed by atoms with Gasteiger partial charge < -0.3 is 0 Å². The molecule has 1 saturated carbocycles. The smallest absolute Gasteiger partial charge is 0.267 e. The molecule has 1 amide bonds. The molecular weight excluding hydrogens is 357 g/mol. The second-order valence-electron chi connectivity index (χ2n) is 6.19. The first-order chi connectivity index (χ1) is 12.6. The molecule has 0 saturated heterocycles. The molecule has 1 aliphatic rings. The number of halogens is 2. The maximum absolute atomic E-state index is 13.1. The van der Waals surface area contributed by atoms with Crippen molar-refractivity contribution in [1.29, 1.82) is 5.26 Å². The Kier molecular flexibility index (Phi) is 5.64. The molecule has 0 unspecified atom stereocenters. The third-order valence-electron chi connectivity index (χ3n) is 4.34. The molecule has 6 nitrogen and oxygen atoms in total. The van der Waals surface area contributed by atoms with E-state index < -0.39 is 11.7 Å². The average molecular weight is 374 g/mol. The van der Waals surface area contributed by atoms with Crippen molar-refractivity contribution in [1.82, 2.24) is 15.4 Å². The zero-order valence-corrected chi connectivity index (χ0v) is 14.7. The Balaban J connectivity index is 1.86. The molecule has 1 aromatic carbocycles. The van der Waals surface area contributed by atoms with E-state index in [9.17, 15) is 9.18 Å². The van der Waals surface area contributed by atoms with Gasteiger partial charge in [-0.25, -0.2) is 9.37 Å². The fraction of sp³-hybridized carbons (Fsp3) is 0.333. The number of hydrogen-bond donors (Lipinski definition) is 1. The molecule has 2 aromatic rings. The van der Waals surface area contributed by atoms with Gasteiger partial charge in [-0.2, -0.15) is 10.2 Å². The van der Waals surface area contributed by atoms with E-state index >= 15 is 0 Å². The lowest BCUT2D eigenvalue weighted by Crippen LogP contribution is -2.45. The second-order valence-corrected chi connectivity index (χ2v) is 6.59. The molecular formula is C18H17ClFN5O. The minimum Gasteiger partial charge on any atom is -0.267 e. The summed E-state index contributed by atoms with van der Waals surface area (Å²) < 4.78 is 13.1. The number of carbonyl (C=O) groups is 1. The molecule has 26 heavy (non-hydrogen) atoms. The van der Waals surface area contributed by atoms with Crippen LogP contribution in [0.25, 0.3) is 0 Å². The van der Waals surface area contributed by atoms with Crippen LogP contribution in [0.15, 0.2) is 30.5 Å². The van der Waals surface area contributed by atoms with Gasteiger partial charge in [-0.1, -0.05) is 24.4 Å². The standard InChI is InChI=1S/C18H17ClFN5O/c19-15-10-22-16(9-21)23-17(15)25(11-12-3-1-2-4-12)24-18(26)13-5-7-14(20)8-6-13/h5-8,10,12H,1-4,11H2,(H,24,26). The van der Waals surface area contributed by atoms with E-state index in [1.54, 1.807) is 5.01 Å². The monoisotopic (exact) mass is 373 g/mol. The van der Waals surface area contributed by atoms with Crippen LogP contribution in [0.5, 0.6) is 0 Å². The Hall–Kier alpha value is -2.72. The normalized spacial score (nSPS) is 14.0. The average Bonchev–Trinajstić information content (AvgIpc) is 3.15. The molecule has 0 radical (unpaired) electrons. The van der Waals surface area contributed by atoms with Gasteiger partial charge in [0.25, 0.3) is 5.91 Å². The highest BCUT2D eigenvalue weighted by molar-refractivity contribution is 6.32. The van der Waals surface area contributed by atoms with Crippen LogP contribution in [0, 0.1) is 23.1 Å². The van der Waals surface area contributed by atoms with Crippen molar-refractivity contribution >= 4 is 23.3 Å². The topological polar surface area (TPSA) is 81.9 Å². The summed E-state index contributed by atoms with van der Waals surface area (Å²) in [6.07, 6.45) is 5.73. The number of nitrogens with one attached hydrogen (secondary N) is 1. The van der Waals surface area contributed by atoms with Crippen molar-refractivity contribution in [2.24, 2.45) is 5.92 Å². The SMILES string of the molecule is N#Cc1ncc(Cl)c(N(CC2CCCC2)NC(=O)c2ccc(F)cc2)n1. The van der Waals surface area contributed by atoms with E-state index in [0.29, 0.717) is 18.0 Å². The van der Waals surface area contributed by atoms with E-state index in [1.165, 1.54) is 30.5 Å². The van der Waals surface area contributed by atoms with Crippen molar-refractivity contribution in [3.05, 3.63) is 52.7 Å². The van der Waals surface area contributed by atoms with Crippen LogP contribution in [0.1, 0.15) is 41.9 Å². The minimum atomic E-state index is -0.415. The van der Waals surface area contributed by atoms with Crippen molar-refractivity contribution in [2.75, 3.05) is 11.6 Å². The van der Waals surface area contributed by atoms with Gasteiger partial charge in [0.1, 0.15) is 16.9 Å². The van der Waals surface area contributed by atoms with Gasteiger partial charge in [-0.15, -0.1) is 0 Å². The molecule has 0 atom stereocenters. The Morgan fingerprint density at radius 1 is 1.35 bits per heavy atom. The summed E-state index contributed by atoms with van der Waals surface area (Å²) in [5.41, 5.74) is 3.09. The zero-order valence-electron chi connectivity index (χ0n) is 14.0. The third-order valence-corrected chi connectivity index (χ3v) is 4.61. The number of nitriles is 1. The number of amides is 1. The summed E-state index contributed by atoms with van der Waals surface area (Å²) in [6, 6.07) is 7.13. The molecule has 134 valence electrons. The van der Waals surface area contributed by atoms with Gasteiger partial charge >= 0.3 is 0 Å². The summed E-state index contributed by atoms with van der Waals surface area (Å²) in [5, 5.41) is 10.8. The predicted molar refractivity (Wildman–Crippen MR) is 94.9 cm³/mol. The van der Waals surface area contributed by atoms with Gasteiger partial charge in [0.15, 0.2) is 5.82 Å². The Bertz CT molecular complexity index is 830. The molecule has 1 fully saturated rings. The van der Waals surface area contributed by atoms with Gasteiger partial charge in [-0.3, -0.25) is 15.2 Å². The van der Waals surface area contributed by atoms with E-state index in [4.69, 9.17) is 16.9 Å². The summed E-state index contributed by atoms with van der Waals surface area (Å²) in [4.78, 5) is 20.5. The van der Waals surface area contributed by atoms with Gasteiger partial charge in [0.05, 0.1) is 6.20 Å². The third kappa shape index (κ3) is 4.27.